The fourth-order valence-electron chi connectivity index (χ4n) is 2.27. The number of epoxide rings is 1. The summed E-state index contributed by atoms with van der Waals surface area (Å²) >= 11 is 0. The molecular weight excluding hydrogens is 216 g/mol. The highest BCUT2D eigenvalue weighted by Crippen LogP contribution is 2.33. The van der Waals surface area contributed by atoms with E-state index >= 15 is 0 Å². The number of ether oxygens (including phenoxy) is 1. The Morgan fingerprint density at radius 2 is 2.24 bits per heavy atom. The highest BCUT2D eigenvalue weighted by molar-refractivity contribution is 5.89. The van der Waals surface area contributed by atoms with Gasteiger partial charge in [-0.25, -0.2) is 0 Å². The molecule has 3 nitrogen and oxygen atoms in total. The number of ketones is 1. The van der Waals surface area contributed by atoms with Crippen molar-refractivity contribution in [2.75, 3.05) is 0 Å². The van der Waals surface area contributed by atoms with Gasteiger partial charge in [-0.15, -0.1) is 0 Å². The number of carbonyl (C=O) groups is 1. The van der Waals surface area contributed by atoms with Crippen LogP contribution in [0, 0.1) is 11.8 Å². The van der Waals surface area contributed by atoms with Gasteiger partial charge in [0, 0.05) is 6.42 Å². The zero-order valence-corrected chi connectivity index (χ0v) is 10.4. The van der Waals surface area contributed by atoms with E-state index in [1.807, 2.05) is 6.08 Å². The maximum absolute atomic E-state index is 11.9. The lowest BCUT2D eigenvalue weighted by molar-refractivity contribution is -0.129. The quantitative estimate of drug-likeness (QED) is 0.707. The highest BCUT2D eigenvalue weighted by atomic mass is 16.6. The molecule has 0 aromatic rings. The molecule has 2 rings (SSSR count). The van der Waals surface area contributed by atoms with Crippen LogP contribution < -0.4 is 0 Å². The monoisotopic (exact) mass is 236 g/mol. The number of carbonyl (C=O) groups excluding carboxylic acids is 1. The molecule has 17 heavy (non-hydrogen) atoms. The fourth-order valence-corrected chi connectivity index (χ4v) is 2.27. The zero-order valence-electron chi connectivity index (χ0n) is 10.4. The van der Waals surface area contributed by atoms with E-state index < -0.39 is 12.2 Å². The molecule has 0 aromatic carbocycles. The van der Waals surface area contributed by atoms with Crippen molar-refractivity contribution >= 4 is 5.78 Å². The Labute approximate surface area is 102 Å². The fraction of sp³-hybridized carbons (Fsp3) is 0.643. The normalized spacial score (nSPS) is 38.1. The van der Waals surface area contributed by atoms with Crippen LogP contribution in [0.2, 0.25) is 0 Å². The lowest BCUT2D eigenvalue weighted by atomic mass is 9.86. The minimum atomic E-state index is -0.895. The molecule has 1 N–H and O–H groups in total. The van der Waals surface area contributed by atoms with Crippen molar-refractivity contribution in [3.8, 4) is 0 Å². The molecule has 0 aromatic heterocycles. The summed E-state index contributed by atoms with van der Waals surface area (Å²) < 4.78 is 5.29. The maximum Gasteiger partial charge on any atom is 0.192 e. The van der Waals surface area contributed by atoms with E-state index in [1.54, 1.807) is 0 Å². The highest BCUT2D eigenvalue weighted by Gasteiger charge is 2.47. The Balaban J connectivity index is 2.15. The van der Waals surface area contributed by atoms with E-state index in [2.05, 4.69) is 26.5 Å². The van der Waals surface area contributed by atoms with Gasteiger partial charge in [-0.1, -0.05) is 38.2 Å². The Morgan fingerprint density at radius 1 is 1.53 bits per heavy atom. The zero-order chi connectivity index (χ0) is 12.6. The molecule has 0 bridgehead atoms. The van der Waals surface area contributed by atoms with E-state index in [-0.39, 0.29) is 17.8 Å². The molecule has 0 radical (unpaired) electrons. The SMILES string of the molecule is C=C1C=C[C@H](C(C)C)CC(O)C(=O)[C@@H]2O[C@@H]2C1. The number of fused-ring (bicyclic) bond motifs is 1. The third-order valence-electron chi connectivity index (χ3n) is 3.59. The lowest BCUT2D eigenvalue weighted by Crippen LogP contribution is -2.30. The van der Waals surface area contributed by atoms with Crippen molar-refractivity contribution in [1.29, 1.82) is 0 Å². The number of Topliss-reactive ketones (excluding diaryl/α,β-unsaturated/α-hetero) is 1. The Bertz CT molecular complexity index is 356. The number of rotatable bonds is 1. The average molecular weight is 236 g/mol. The molecule has 0 saturated carbocycles. The van der Waals surface area contributed by atoms with E-state index in [9.17, 15) is 9.90 Å². The summed E-state index contributed by atoms with van der Waals surface area (Å²) in [6, 6.07) is 0. The second-order valence-corrected chi connectivity index (χ2v) is 5.38. The molecular formula is C14H20O3. The van der Waals surface area contributed by atoms with Gasteiger partial charge in [0.1, 0.15) is 12.2 Å². The van der Waals surface area contributed by atoms with Crippen molar-refractivity contribution in [3.63, 3.8) is 0 Å². The van der Waals surface area contributed by atoms with Crippen LogP contribution in [0.1, 0.15) is 26.7 Å². The summed E-state index contributed by atoms with van der Waals surface area (Å²) in [6.07, 6.45) is 3.87. The second-order valence-electron chi connectivity index (χ2n) is 5.38. The van der Waals surface area contributed by atoms with Gasteiger partial charge in [-0.05, 0) is 18.3 Å². The summed E-state index contributed by atoms with van der Waals surface area (Å²) in [5.74, 6) is 0.446. The van der Waals surface area contributed by atoms with E-state index in [0.29, 0.717) is 18.8 Å². The summed E-state index contributed by atoms with van der Waals surface area (Å²) in [4.78, 5) is 11.9. The number of hydrogen-bond acceptors (Lipinski definition) is 3. The predicted molar refractivity (Wildman–Crippen MR) is 65.5 cm³/mol. The van der Waals surface area contributed by atoms with Crippen LogP contribution in [0.5, 0.6) is 0 Å². The molecule has 4 atom stereocenters. The van der Waals surface area contributed by atoms with Crippen molar-refractivity contribution in [2.45, 2.75) is 45.0 Å². The summed E-state index contributed by atoms with van der Waals surface area (Å²) in [7, 11) is 0. The van der Waals surface area contributed by atoms with Gasteiger partial charge in [0.2, 0.25) is 0 Å². The van der Waals surface area contributed by atoms with Crippen molar-refractivity contribution < 1.29 is 14.6 Å². The molecule has 1 aliphatic carbocycles. The number of aliphatic hydroxyl groups is 1. The van der Waals surface area contributed by atoms with Crippen molar-refractivity contribution in [2.24, 2.45) is 11.8 Å². The third-order valence-corrected chi connectivity index (χ3v) is 3.59. The number of hydrogen-bond donors (Lipinski definition) is 1. The standard InChI is InChI=1S/C14H20O3/c1-8(2)10-5-4-9(3)6-12-14(17-12)13(16)11(15)7-10/h4-5,8,10-12,14-15H,3,6-7H2,1-2H3/t10-,11?,12+,14+/m0/s1. The van der Waals surface area contributed by atoms with Crippen molar-refractivity contribution in [1.82, 2.24) is 0 Å². The summed E-state index contributed by atoms with van der Waals surface area (Å²) in [5.41, 5.74) is 0.993. The summed E-state index contributed by atoms with van der Waals surface area (Å²) in [6.45, 7) is 8.15. The van der Waals surface area contributed by atoms with Gasteiger partial charge in [0.25, 0.3) is 0 Å². The topological polar surface area (TPSA) is 49.8 Å². The Hall–Kier alpha value is -0.930. The molecule has 1 heterocycles. The van der Waals surface area contributed by atoms with E-state index in [1.165, 1.54) is 0 Å². The third kappa shape index (κ3) is 2.85. The van der Waals surface area contributed by atoms with Crippen LogP contribution in [0.4, 0.5) is 0 Å². The molecule has 2 aliphatic rings. The van der Waals surface area contributed by atoms with Gasteiger partial charge in [-0.2, -0.15) is 0 Å². The first-order valence-corrected chi connectivity index (χ1v) is 6.22. The minimum absolute atomic E-state index is 0.0649. The first-order chi connectivity index (χ1) is 7.99. The first kappa shape index (κ1) is 12.5. The smallest absolute Gasteiger partial charge is 0.192 e. The maximum atomic E-state index is 11.9. The second kappa shape index (κ2) is 4.75. The van der Waals surface area contributed by atoms with Gasteiger partial charge in [-0.3, -0.25) is 4.79 Å². The average Bonchev–Trinajstić information content (AvgIpc) is 3.00. The van der Waals surface area contributed by atoms with Crippen molar-refractivity contribution in [3.05, 3.63) is 24.3 Å². The predicted octanol–water partition coefficient (Wildman–Crippen LogP) is 1.86. The van der Waals surface area contributed by atoms with Gasteiger partial charge in [0.15, 0.2) is 5.78 Å². The molecule has 94 valence electrons. The van der Waals surface area contributed by atoms with Gasteiger partial charge < -0.3 is 9.84 Å². The Kier molecular flexibility index (Phi) is 3.50. The number of allylic oxidation sites excluding steroid dienone is 2. The Morgan fingerprint density at radius 3 is 2.88 bits per heavy atom. The van der Waals surface area contributed by atoms with E-state index in [4.69, 9.17) is 4.74 Å². The van der Waals surface area contributed by atoms with Crippen LogP contribution in [0.25, 0.3) is 0 Å². The largest absolute Gasteiger partial charge is 0.385 e. The molecule has 3 heteroatoms. The summed E-state index contributed by atoms with van der Waals surface area (Å²) in [5, 5.41) is 9.90. The molecule has 1 aliphatic heterocycles. The molecule has 1 unspecified atom stereocenters. The molecule has 1 fully saturated rings. The van der Waals surface area contributed by atoms with Crippen LogP contribution in [0.15, 0.2) is 24.3 Å². The van der Waals surface area contributed by atoms with Gasteiger partial charge in [0.05, 0.1) is 6.10 Å². The minimum Gasteiger partial charge on any atom is -0.385 e. The van der Waals surface area contributed by atoms with Crippen LogP contribution in [-0.2, 0) is 9.53 Å². The van der Waals surface area contributed by atoms with Crippen LogP contribution in [-0.4, -0.2) is 29.2 Å². The molecule has 0 spiro atoms. The van der Waals surface area contributed by atoms with Crippen LogP contribution in [0.3, 0.4) is 0 Å². The van der Waals surface area contributed by atoms with Crippen LogP contribution >= 0.6 is 0 Å². The first-order valence-electron chi connectivity index (χ1n) is 6.22. The molecule has 0 amide bonds. The van der Waals surface area contributed by atoms with E-state index in [0.717, 1.165) is 5.57 Å². The molecule has 1 saturated heterocycles. The lowest BCUT2D eigenvalue weighted by Gasteiger charge is -2.20. The van der Waals surface area contributed by atoms with Gasteiger partial charge >= 0.3 is 0 Å². The number of aliphatic hydroxyl groups excluding tert-OH is 1.